The van der Waals surface area contributed by atoms with Crippen LogP contribution in [0, 0.1) is 0 Å². The van der Waals surface area contributed by atoms with E-state index in [0.29, 0.717) is 0 Å². The third-order valence-electron chi connectivity index (χ3n) is 0.425. The molecule has 0 bridgehead atoms. The average Bonchev–Trinajstić information content (AvgIpc) is 1.96. The van der Waals surface area contributed by atoms with Gasteiger partial charge < -0.3 is 9.47 Å². The Balaban J connectivity index is 0.000000222. The lowest BCUT2D eigenvalue weighted by molar-refractivity contribution is 0.290. The zero-order valence-electron chi connectivity index (χ0n) is 4.54. The van der Waals surface area contributed by atoms with Gasteiger partial charge in [-0.1, -0.05) is 0 Å². The van der Waals surface area contributed by atoms with Crippen LogP contribution in [0.3, 0.4) is 0 Å². The van der Waals surface area contributed by atoms with Crippen LogP contribution in [0.15, 0.2) is 38.2 Å². The van der Waals surface area contributed by atoms with Crippen LogP contribution >= 0.6 is 0 Å². The lowest BCUT2D eigenvalue weighted by Crippen LogP contribution is -1.74. The fourth-order valence-electron chi connectivity index (χ4n) is 0.219. The highest BCUT2D eigenvalue weighted by molar-refractivity contribution is 4.77. The molecule has 0 amide bonds. The number of hydrogen-bond acceptors (Lipinski definition) is 2. The van der Waals surface area contributed by atoms with E-state index in [9.17, 15) is 0 Å². The van der Waals surface area contributed by atoms with Gasteiger partial charge in [0.05, 0.1) is 0 Å². The molecular weight excluding hydrogens is 104 g/mol. The first kappa shape index (κ1) is 6.82. The molecule has 0 radical (unpaired) electrons. The van der Waals surface area contributed by atoms with E-state index in [2.05, 4.69) is 22.6 Å². The van der Waals surface area contributed by atoms with Crippen LogP contribution in [0.2, 0.25) is 0 Å². The van der Waals surface area contributed by atoms with Gasteiger partial charge in [-0.15, -0.1) is 13.2 Å². The smallest absolute Gasteiger partial charge is 0.125 e. The van der Waals surface area contributed by atoms with E-state index < -0.39 is 0 Å². The molecule has 1 aliphatic heterocycles. The Kier molecular flexibility index (Phi) is 4.96. The molecule has 0 aromatic carbocycles. The molecule has 0 aliphatic carbocycles. The summed E-state index contributed by atoms with van der Waals surface area (Å²) in [6.45, 7) is 6.00. The van der Waals surface area contributed by atoms with Gasteiger partial charge in [0.1, 0.15) is 25.0 Å². The first-order valence-corrected chi connectivity index (χ1v) is 2.11. The molecule has 1 rings (SSSR count). The summed E-state index contributed by atoms with van der Waals surface area (Å²) in [5.41, 5.74) is 0. The lowest BCUT2D eigenvalue weighted by atomic mass is 10.9. The molecule has 1 aliphatic rings. The second kappa shape index (κ2) is 5.82. The molecule has 0 fully saturated rings. The number of rotatable bonds is 0. The molecule has 8 heavy (non-hydrogen) atoms. The van der Waals surface area contributed by atoms with Crippen LogP contribution < -0.4 is 0 Å². The van der Waals surface area contributed by atoms with Crippen molar-refractivity contribution in [3.8, 4) is 0 Å². The molecule has 44 valence electrons. The standard InChI is InChI=1S/C4H4O2.C2H4/c1-2-6-4-3-5-1;1-2/h1-4H;1-2H2. The molecule has 0 aromatic rings. The van der Waals surface area contributed by atoms with E-state index in [4.69, 9.17) is 0 Å². The normalized spacial score (nSPS) is 12.5. The van der Waals surface area contributed by atoms with E-state index >= 15 is 0 Å². The molecule has 0 aromatic heterocycles. The molecule has 0 saturated heterocycles. The van der Waals surface area contributed by atoms with Crippen molar-refractivity contribution in [2.24, 2.45) is 0 Å². The number of ether oxygens (including phenoxy) is 2. The molecule has 2 nitrogen and oxygen atoms in total. The van der Waals surface area contributed by atoms with Crippen molar-refractivity contribution in [2.75, 3.05) is 0 Å². The van der Waals surface area contributed by atoms with Gasteiger partial charge in [-0.2, -0.15) is 0 Å². The van der Waals surface area contributed by atoms with Crippen molar-refractivity contribution in [3.63, 3.8) is 0 Å². The van der Waals surface area contributed by atoms with Gasteiger partial charge in [0, 0.05) is 0 Å². The topological polar surface area (TPSA) is 18.5 Å². The minimum atomic E-state index is 1.46. The predicted molar refractivity (Wildman–Crippen MR) is 31.7 cm³/mol. The molecule has 0 spiro atoms. The molecule has 0 saturated carbocycles. The molecule has 2 heteroatoms. The van der Waals surface area contributed by atoms with Crippen LogP contribution in [0.1, 0.15) is 0 Å². The van der Waals surface area contributed by atoms with E-state index in [1.54, 1.807) is 0 Å². The lowest BCUT2D eigenvalue weighted by Gasteiger charge is -1.94. The van der Waals surface area contributed by atoms with Crippen molar-refractivity contribution >= 4 is 0 Å². The van der Waals surface area contributed by atoms with Crippen molar-refractivity contribution in [2.45, 2.75) is 0 Å². The van der Waals surface area contributed by atoms with Crippen molar-refractivity contribution in [3.05, 3.63) is 38.2 Å². The zero-order valence-corrected chi connectivity index (χ0v) is 4.54. The third-order valence-corrected chi connectivity index (χ3v) is 0.425. The summed E-state index contributed by atoms with van der Waals surface area (Å²) in [5.74, 6) is 0. The van der Waals surface area contributed by atoms with E-state index in [-0.39, 0.29) is 0 Å². The molecule has 0 unspecified atom stereocenters. The Morgan fingerprint density at radius 2 is 1.00 bits per heavy atom. The van der Waals surface area contributed by atoms with Crippen LogP contribution in [-0.4, -0.2) is 0 Å². The fraction of sp³-hybridized carbons (Fsp3) is 0. The maximum Gasteiger partial charge on any atom is 0.125 e. The van der Waals surface area contributed by atoms with Gasteiger partial charge in [-0.3, -0.25) is 0 Å². The minimum Gasteiger partial charge on any atom is -0.466 e. The Bertz CT molecular complexity index is 74.7. The summed E-state index contributed by atoms with van der Waals surface area (Å²) in [6, 6.07) is 0. The van der Waals surface area contributed by atoms with Gasteiger partial charge in [0.25, 0.3) is 0 Å². The predicted octanol–water partition coefficient (Wildman–Crippen LogP) is 1.78. The Labute approximate surface area is 48.7 Å². The Morgan fingerprint density at radius 1 is 0.750 bits per heavy atom. The van der Waals surface area contributed by atoms with Crippen LogP contribution in [0.5, 0.6) is 0 Å². The van der Waals surface area contributed by atoms with Crippen molar-refractivity contribution in [1.29, 1.82) is 0 Å². The maximum atomic E-state index is 4.58. The SMILES string of the molecule is C1=COC=CO1.C=C. The first-order valence-electron chi connectivity index (χ1n) is 2.11. The second-order valence-electron chi connectivity index (χ2n) is 0.816. The fourth-order valence-corrected chi connectivity index (χ4v) is 0.219. The second-order valence-corrected chi connectivity index (χ2v) is 0.816. The third kappa shape index (κ3) is 3.03. The zero-order chi connectivity index (χ0) is 6.24. The molecule has 0 atom stereocenters. The maximum absolute atomic E-state index is 4.58. The van der Waals surface area contributed by atoms with Gasteiger partial charge in [0.2, 0.25) is 0 Å². The highest BCUT2D eigenvalue weighted by atomic mass is 16.5. The highest BCUT2D eigenvalue weighted by Gasteiger charge is 1.74. The summed E-state index contributed by atoms with van der Waals surface area (Å²) < 4.78 is 9.17. The largest absolute Gasteiger partial charge is 0.466 e. The van der Waals surface area contributed by atoms with Gasteiger partial charge in [-0.05, 0) is 0 Å². The number of hydrogen-bond donors (Lipinski definition) is 0. The van der Waals surface area contributed by atoms with Gasteiger partial charge in [0.15, 0.2) is 0 Å². The van der Waals surface area contributed by atoms with Gasteiger partial charge >= 0.3 is 0 Å². The quantitative estimate of drug-likeness (QED) is 0.445. The first-order chi connectivity index (χ1) is 4.00. The van der Waals surface area contributed by atoms with Crippen molar-refractivity contribution in [1.82, 2.24) is 0 Å². The molecular formula is C6H8O2. The van der Waals surface area contributed by atoms with E-state index in [1.807, 2.05) is 0 Å². The highest BCUT2D eigenvalue weighted by Crippen LogP contribution is 1.89. The summed E-state index contributed by atoms with van der Waals surface area (Å²) >= 11 is 0. The molecule has 1 heterocycles. The summed E-state index contributed by atoms with van der Waals surface area (Å²) in [6.07, 6.45) is 5.83. The van der Waals surface area contributed by atoms with Crippen LogP contribution in [0.4, 0.5) is 0 Å². The van der Waals surface area contributed by atoms with Gasteiger partial charge in [-0.25, -0.2) is 0 Å². The van der Waals surface area contributed by atoms with Crippen LogP contribution in [-0.2, 0) is 9.47 Å². The van der Waals surface area contributed by atoms with Crippen molar-refractivity contribution < 1.29 is 9.47 Å². The molecule has 0 N–H and O–H groups in total. The average molecular weight is 112 g/mol. The van der Waals surface area contributed by atoms with E-state index in [1.165, 1.54) is 25.0 Å². The minimum absolute atomic E-state index is 1.46. The summed E-state index contributed by atoms with van der Waals surface area (Å²) in [5, 5.41) is 0. The summed E-state index contributed by atoms with van der Waals surface area (Å²) in [7, 11) is 0. The monoisotopic (exact) mass is 112 g/mol. The Hall–Kier alpha value is -1.18. The van der Waals surface area contributed by atoms with Crippen LogP contribution in [0.25, 0.3) is 0 Å². The van der Waals surface area contributed by atoms with E-state index in [0.717, 1.165) is 0 Å². The summed E-state index contributed by atoms with van der Waals surface area (Å²) in [4.78, 5) is 0. The Morgan fingerprint density at radius 3 is 1.12 bits per heavy atom.